The molecule has 2 aliphatic heterocycles. The van der Waals surface area contributed by atoms with E-state index in [4.69, 9.17) is 28.4 Å². The summed E-state index contributed by atoms with van der Waals surface area (Å²) >= 11 is 0. The predicted octanol–water partition coefficient (Wildman–Crippen LogP) is 6.19. The lowest BCUT2D eigenvalue weighted by Gasteiger charge is -2.45. The topological polar surface area (TPSA) is 75.6 Å². The Morgan fingerprint density at radius 2 is 0.953 bits per heavy atom. The zero-order chi connectivity index (χ0) is 30.8. The highest BCUT2D eigenvalue weighted by Gasteiger charge is 2.63. The van der Waals surface area contributed by atoms with E-state index >= 15 is 0 Å². The summed E-state index contributed by atoms with van der Waals surface area (Å²) in [4.78, 5) is 0. The molecule has 4 bridgehead atoms. The van der Waals surface area contributed by atoms with Crippen molar-refractivity contribution in [2.24, 2.45) is 37.9 Å². The lowest BCUT2D eigenvalue weighted by molar-refractivity contribution is -0.183. The van der Waals surface area contributed by atoms with E-state index in [0.717, 1.165) is 97.4 Å². The summed E-state index contributed by atoms with van der Waals surface area (Å²) in [7, 11) is 0. The molecule has 2 saturated heterocycles. The van der Waals surface area contributed by atoms with Gasteiger partial charge in [-0.15, -0.1) is 0 Å². The van der Waals surface area contributed by atoms with Crippen LogP contribution in [0.15, 0.2) is 0 Å². The molecule has 0 aromatic heterocycles. The van der Waals surface area contributed by atoms with Gasteiger partial charge in [-0.3, -0.25) is 0 Å². The summed E-state index contributed by atoms with van der Waals surface area (Å²) in [6, 6.07) is 0. The van der Waals surface area contributed by atoms with E-state index in [0.29, 0.717) is 25.4 Å². The molecule has 7 nitrogen and oxygen atoms in total. The summed E-state index contributed by atoms with van der Waals surface area (Å²) < 4.78 is 37.9. The lowest BCUT2D eigenvalue weighted by atomic mass is 9.78. The van der Waals surface area contributed by atoms with E-state index in [-0.39, 0.29) is 56.7 Å². The summed E-state index contributed by atoms with van der Waals surface area (Å²) in [5, 5.41) is 10.7. The monoisotopic (exact) mass is 606 g/mol. The smallest absolute Gasteiger partial charge is 0.0636 e. The highest BCUT2D eigenvalue weighted by molar-refractivity contribution is 5.13. The Morgan fingerprint density at radius 1 is 0.605 bits per heavy atom. The molecule has 0 aromatic carbocycles. The van der Waals surface area contributed by atoms with Crippen LogP contribution in [-0.2, 0) is 28.4 Å². The number of fused-ring (bicyclic) bond motifs is 4. The van der Waals surface area contributed by atoms with Gasteiger partial charge in [0, 0.05) is 16.2 Å². The molecule has 6 aliphatic rings. The highest BCUT2D eigenvalue weighted by Crippen LogP contribution is 2.64. The van der Waals surface area contributed by atoms with Crippen LogP contribution in [0.5, 0.6) is 0 Å². The zero-order valence-corrected chi connectivity index (χ0v) is 28.4. The van der Waals surface area contributed by atoms with E-state index in [1.807, 2.05) is 0 Å². The van der Waals surface area contributed by atoms with Gasteiger partial charge in [-0.2, -0.15) is 0 Å². The Morgan fingerprint density at radius 3 is 1.19 bits per heavy atom. The van der Waals surface area contributed by atoms with Gasteiger partial charge >= 0.3 is 0 Å². The highest BCUT2D eigenvalue weighted by atomic mass is 16.5. The first-order chi connectivity index (χ1) is 20.3. The molecular formula is C36H62O7. The number of ether oxygens (including phenoxy) is 6. The first kappa shape index (κ1) is 32.7. The fourth-order valence-corrected chi connectivity index (χ4v) is 9.95. The Balaban J connectivity index is 1.01. The Labute approximate surface area is 261 Å². The van der Waals surface area contributed by atoms with Gasteiger partial charge in [0.15, 0.2) is 0 Å². The standard InChI is InChI=1S/C36H62O7/c1-8-34(17-37,22-40-26-11-32(6)15-30(26,4)13-28(32)42-24-35(9-2)18-38-19-35)23-41-27-12-33(7)16-31(27,5)14-29(33)43-25-36(10-3)20-39-21-36/h26-29,37H,8-25H2,1-7H3. The number of aliphatic hydroxyl groups excluding tert-OH is 1. The largest absolute Gasteiger partial charge is 0.396 e. The van der Waals surface area contributed by atoms with Crippen LogP contribution >= 0.6 is 0 Å². The van der Waals surface area contributed by atoms with Crippen LogP contribution in [0, 0.1) is 37.9 Å². The van der Waals surface area contributed by atoms with Gasteiger partial charge in [0.2, 0.25) is 0 Å². The SMILES string of the molecule is CCC1(COC2CC3(C)CC2(C)CC3OCC(CC)(CO)COC2CC3(C)CC2(C)CC3OCC2(CC)COC2)COC1. The predicted molar refractivity (Wildman–Crippen MR) is 166 cm³/mol. The van der Waals surface area contributed by atoms with Gasteiger partial charge in [0.25, 0.3) is 0 Å². The minimum Gasteiger partial charge on any atom is -0.396 e. The maximum Gasteiger partial charge on any atom is 0.0636 e. The van der Waals surface area contributed by atoms with Crippen molar-refractivity contribution in [3.63, 3.8) is 0 Å². The molecular weight excluding hydrogens is 544 g/mol. The second kappa shape index (κ2) is 11.5. The third-order valence-corrected chi connectivity index (χ3v) is 13.9. The second-order valence-corrected chi connectivity index (χ2v) is 17.7. The summed E-state index contributed by atoms with van der Waals surface area (Å²) in [5.74, 6) is 0. The first-order valence-electron chi connectivity index (χ1n) is 17.5. The first-order valence-corrected chi connectivity index (χ1v) is 17.5. The van der Waals surface area contributed by atoms with Crippen molar-refractivity contribution in [1.29, 1.82) is 0 Å². The fraction of sp³-hybridized carbons (Fsp3) is 1.00. The molecule has 43 heavy (non-hydrogen) atoms. The average Bonchev–Trinajstić information content (AvgIpc) is 3.55. The Hall–Kier alpha value is -0.280. The molecule has 0 spiro atoms. The van der Waals surface area contributed by atoms with Crippen LogP contribution in [0.2, 0.25) is 0 Å². The molecule has 0 amide bonds. The average molecular weight is 607 g/mol. The van der Waals surface area contributed by atoms with Crippen LogP contribution in [0.3, 0.4) is 0 Å². The number of rotatable bonds is 16. The van der Waals surface area contributed by atoms with Gasteiger partial charge in [0.1, 0.15) is 0 Å². The van der Waals surface area contributed by atoms with Gasteiger partial charge in [-0.05, 0) is 79.4 Å². The lowest BCUT2D eigenvalue weighted by Crippen LogP contribution is -2.49. The minimum absolute atomic E-state index is 0.0880. The van der Waals surface area contributed by atoms with E-state index in [1.165, 1.54) is 0 Å². The van der Waals surface area contributed by atoms with Gasteiger partial charge in [0.05, 0.1) is 83.9 Å². The molecule has 6 fully saturated rings. The van der Waals surface area contributed by atoms with Gasteiger partial charge in [-0.1, -0.05) is 48.5 Å². The van der Waals surface area contributed by atoms with Crippen LogP contribution in [0.1, 0.15) is 106 Å². The molecule has 0 aromatic rings. The Kier molecular flexibility index (Phi) is 8.70. The Bertz CT molecular complexity index is 905. The van der Waals surface area contributed by atoms with Crippen molar-refractivity contribution in [2.75, 3.05) is 59.5 Å². The van der Waals surface area contributed by atoms with Crippen LogP contribution < -0.4 is 0 Å². The van der Waals surface area contributed by atoms with Crippen LogP contribution in [-0.4, -0.2) is 89.0 Å². The fourth-order valence-electron chi connectivity index (χ4n) is 9.95. The number of aliphatic hydroxyl groups is 1. The molecule has 8 atom stereocenters. The summed E-state index contributed by atoms with van der Waals surface area (Å²) in [5.41, 5.74) is 0.612. The molecule has 7 heteroatoms. The number of hydrogen-bond donors (Lipinski definition) is 1. The van der Waals surface area contributed by atoms with Crippen molar-refractivity contribution in [2.45, 2.75) is 131 Å². The summed E-state index contributed by atoms with van der Waals surface area (Å²) in [6.07, 6.45) is 10.5. The molecule has 4 saturated carbocycles. The van der Waals surface area contributed by atoms with E-state index < -0.39 is 0 Å². The van der Waals surface area contributed by atoms with E-state index in [9.17, 15) is 5.11 Å². The second-order valence-electron chi connectivity index (χ2n) is 17.7. The van der Waals surface area contributed by atoms with Crippen molar-refractivity contribution in [1.82, 2.24) is 0 Å². The maximum atomic E-state index is 10.7. The molecule has 4 aliphatic carbocycles. The molecule has 0 radical (unpaired) electrons. The normalized spacial score (nSPS) is 45.2. The van der Waals surface area contributed by atoms with E-state index in [2.05, 4.69) is 48.5 Å². The van der Waals surface area contributed by atoms with Crippen LogP contribution in [0.25, 0.3) is 0 Å². The number of hydrogen-bond acceptors (Lipinski definition) is 7. The molecule has 6 rings (SSSR count). The van der Waals surface area contributed by atoms with Crippen molar-refractivity contribution < 1.29 is 33.5 Å². The van der Waals surface area contributed by atoms with Crippen LogP contribution in [0.4, 0.5) is 0 Å². The molecule has 248 valence electrons. The van der Waals surface area contributed by atoms with Gasteiger partial charge < -0.3 is 33.5 Å². The van der Waals surface area contributed by atoms with Crippen molar-refractivity contribution in [3.05, 3.63) is 0 Å². The molecule has 2 heterocycles. The minimum atomic E-state index is -0.376. The third-order valence-electron chi connectivity index (χ3n) is 13.9. The third kappa shape index (κ3) is 5.67. The van der Waals surface area contributed by atoms with Crippen molar-refractivity contribution in [3.8, 4) is 0 Å². The van der Waals surface area contributed by atoms with Crippen molar-refractivity contribution >= 4 is 0 Å². The quantitative estimate of drug-likeness (QED) is 0.225. The zero-order valence-electron chi connectivity index (χ0n) is 28.4. The molecule has 1 N–H and O–H groups in total. The van der Waals surface area contributed by atoms with E-state index in [1.54, 1.807) is 0 Å². The maximum absolute atomic E-state index is 10.7. The summed E-state index contributed by atoms with van der Waals surface area (Å²) in [6.45, 7) is 22.4. The van der Waals surface area contributed by atoms with Gasteiger partial charge in [-0.25, -0.2) is 0 Å². The molecule has 8 unspecified atom stereocenters.